The number of carbonyl (C=O) groups excluding carboxylic acids is 1. The Bertz CT molecular complexity index is 1170. The largest absolute Gasteiger partial charge is 0.375 e. The predicted octanol–water partition coefficient (Wildman–Crippen LogP) is 5.63. The van der Waals surface area contributed by atoms with Crippen molar-refractivity contribution in [3.63, 3.8) is 0 Å². The van der Waals surface area contributed by atoms with Gasteiger partial charge in [0.1, 0.15) is 5.82 Å². The fourth-order valence-electron chi connectivity index (χ4n) is 4.40. The molecule has 1 heterocycles. The van der Waals surface area contributed by atoms with Crippen LogP contribution in [0.2, 0.25) is 10.0 Å². The molecule has 1 aliphatic heterocycles. The highest BCUT2D eigenvalue weighted by molar-refractivity contribution is 6.35. The number of anilines is 1. The lowest BCUT2D eigenvalue weighted by molar-refractivity contribution is -0.131. The van der Waals surface area contributed by atoms with E-state index in [2.05, 4.69) is 4.90 Å². The van der Waals surface area contributed by atoms with Gasteiger partial charge in [-0.05, 0) is 53.4 Å². The van der Waals surface area contributed by atoms with Gasteiger partial charge in [-0.3, -0.25) is 4.79 Å². The molecule has 1 fully saturated rings. The van der Waals surface area contributed by atoms with Crippen LogP contribution in [0.1, 0.15) is 29.2 Å². The average molecular weight is 530 g/mol. The lowest BCUT2D eigenvalue weighted by Crippen LogP contribution is -2.49. The van der Waals surface area contributed by atoms with Gasteiger partial charge in [0.05, 0.1) is 19.3 Å². The van der Waals surface area contributed by atoms with Gasteiger partial charge in [0.25, 0.3) is 0 Å². The molecule has 1 amide bonds. The second-order valence-corrected chi connectivity index (χ2v) is 9.76. The standard InChI is InChI=1S/C28H30Cl2FN3O2/c29-22-8-6-21(25(30)16-22)7-11-28(35)34-14-12-33(13-15-34)27-10-9-23(31)17-24(27)26(32)19-36-18-20-4-2-1-3-5-20/h1-6,8-10,16-17,26H,7,11-15,18-19,32H2. The average Bonchev–Trinajstić information content (AvgIpc) is 2.88. The van der Waals surface area contributed by atoms with Gasteiger partial charge in [-0.25, -0.2) is 4.39 Å². The van der Waals surface area contributed by atoms with Gasteiger partial charge in [-0.2, -0.15) is 0 Å². The van der Waals surface area contributed by atoms with E-state index in [1.807, 2.05) is 41.3 Å². The minimum atomic E-state index is -0.469. The number of piperazine rings is 1. The first-order chi connectivity index (χ1) is 17.4. The van der Waals surface area contributed by atoms with Gasteiger partial charge in [0.2, 0.25) is 5.91 Å². The number of carbonyl (C=O) groups is 1. The van der Waals surface area contributed by atoms with Crippen LogP contribution in [0.25, 0.3) is 0 Å². The summed E-state index contributed by atoms with van der Waals surface area (Å²) in [5, 5.41) is 1.15. The fraction of sp³-hybridized carbons (Fsp3) is 0.321. The van der Waals surface area contributed by atoms with Gasteiger partial charge >= 0.3 is 0 Å². The Labute approximate surface area is 221 Å². The normalized spacial score (nSPS) is 14.7. The molecule has 0 spiro atoms. The number of amides is 1. The molecule has 1 saturated heterocycles. The molecule has 8 heteroatoms. The maximum atomic E-state index is 14.1. The number of nitrogens with two attached hydrogens (primary N) is 1. The van der Waals surface area contributed by atoms with Crippen molar-refractivity contribution in [1.82, 2.24) is 4.90 Å². The summed E-state index contributed by atoms with van der Waals surface area (Å²) >= 11 is 12.2. The maximum Gasteiger partial charge on any atom is 0.223 e. The van der Waals surface area contributed by atoms with E-state index in [4.69, 9.17) is 33.7 Å². The zero-order valence-corrected chi connectivity index (χ0v) is 21.5. The predicted molar refractivity (Wildman–Crippen MR) is 143 cm³/mol. The lowest BCUT2D eigenvalue weighted by atomic mass is 10.0. The van der Waals surface area contributed by atoms with Crippen LogP contribution in [0, 0.1) is 5.82 Å². The molecular formula is C28H30Cl2FN3O2. The number of hydrogen-bond donors (Lipinski definition) is 1. The summed E-state index contributed by atoms with van der Waals surface area (Å²) in [5.41, 5.74) is 9.98. The minimum absolute atomic E-state index is 0.0889. The Morgan fingerprint density at radius 1 is 1.00 bits per heavy atom. The Hall–Kier alpha value is -2.64. The molecule has 0 bridgehead atoms. The van der Waals surface area contributed by atoms with Gasteiger partial charge in [0.15, 0.2) is 0 Å². The first-order valence-electron chi connectivity index (χ1n) is 12.0. The number of hydrogen-bond acceptors (Lipinski definition) is 4. The summed E-state index contributed by atoms with van der Waals surface area (Å²) in [6, 6.07) is 19.4. The summed E-state index contributed by atoms with van der Waals surface area (Å²) in [6.07, 6.45) is 0.946. The highest BCUT2D eigenvalue weighted by atomic mass is 35.5. The van der Waals surface area contributed by atoms with Crippen molar-refractivity contribution in [1.29, 1.82) is 0 Å². The van der Waals surface area contributed by atoms with E-state index in [1.54, 1.807) is 18.2 Å². The van der Waals surface area contributed by atoms with E-state index < -0.39 is 6.04 Å². The molecule has 0 aliphatic carbocycles. The third kappa shape index (κ3) is 6.98. The van der Waals surface area contributed by atoms with Gasteiger partial charge < -0.3 is 20.3 Å². The third-order valence-corrected chi connectivity index (χ3v) is 6.98. The molecule has 0 aromatic heterocycles. The van der Waals surface area contributed by atoms with Crippen LogP contribution >= 0.6 is 23.2 Å². The molecule has 4 rings (SSSR count). The summed E-state index contributed by atoms with van der Waals surface area (Å²) in [4.78, 5) is 16.8. The SMILES string of the molecule is NC(COCc1ccccc1)c1cc(F)ccc1N1CCN(C(=O)CCc2ccc(Cl)cc2Cl)CC1. The maximum absolute atomic E-state index is 14.1. The van der Waals surface area contributed by atoms with E-state index in [-0.39, 0.29) is 18.3 Å². The summed E-state index contributed by atoms with van der Waals surface area (Å²) in [5.74, 6) is -0.243. The van der Waals surface area contributed by atoms with Crippen LogP contribution in [0.15, 0.2) is 66.7 Å². The Morgan fingerprint density at radius 2 is 1.75 bits per heavy atom. The molecule has 3 aromatic rings. The molecule has 1 unspecified atom stereocenters. The van der Waals surface area contributed by atoms with Crippen molar-refractivity contribution in [2.45, 2.75) is 25.5 Å². The van der Waals surface area contributed by atoms with Crippen LogP contribution in [0.3, 0.4) is 0 Å². The van der Waals surface area contributed by atoms with E-state index >= 15 is 0 Å². The van der Waals surface area contributed by atoms with Crippen molar-refractivity contribution in [3.05, 3.63) is 99.3 Å². The number of halogens is 3. The van der Waals surface area contributed by atoms with Crippen LogP contribution in [-0.2, 0) is 22.6 Å². The number of benzene rings is 3. The molecular weight excluding hydrogens is 500 g/mol. The zero-order chi connectivity index (χ0) is 25.5. The molecule has 3 aromatic carbocycles. The molecule has 36 heavy (non-hydrogen) atoms. The van der Waals surface area contributed by atoms with Crippen LogP contribution in [0.4, 0.5) is 10.1 Å². The van der Waals surface area contributed by atoms with Crippen LogP contribution in [-0.4, -0.2) is 43.6 Å². The summed E-state index contributed by atoms with van der Waals surface area (Å²) < 4.78 is 19.9. The quantitative estimate of drug-likeness (QED) is 0.390. The van der Waals surface area contributed by atoms with Gasteiger partial charge in [-0.1, -0.05) is 59.6 Å². The van der Waals surface area contributed by atoms with Crippen molar-refractivity contribution >= 4 is 34.8 Å². The number of nitrogens with zero attached hydrogens (tertiary/aromatic N) is 2. The van der Waals surface area contributed by atoms with Crippen molar-refractivity contribution in [3.8, 4) is 0 Å². The van der Waals surface area contributed by atoms with Crippen molar-refractivity contribution < 1.29 is 13.9 Å². The fourth-order valence-corrected chi connectivity index (χ4v) is 4.90. The van der Waals surface area contributed by atoms with Gasteiger partial charge in [-0.15, -0.1) is 0 Å². The second kappa shape index (κ2) is 12.5. The van der Waals surface area contributed by atoms with E-state index in [0.717, 1.165) is 16.8 Å². The molecule has 0 radical (unpaired) electrons. The van der Waals surface area contributed by atoms with E-state index in [0.29, 0.717) is 61.2 Å². The summed E-state index contributed by atoms with van der Waals surface area (Å²) in [6.45, 7) is 3.18. The Kier molecular flexibility index (Phi) is 9.21. The van der Waals surface area contributed by atoms with Crippen LogP contribution in [0.5, 0.6) is 0 Å². The van der Waals surface area contributed by atoms with E-state index in [1.165, 1.54) is 12.1 Å². The monoisotopic (exact) mass is 529 g/mol. The lowest BCUT2D eigenvalue weighted by Gasteiger charge is -2.37. The number of rotatable bonds is 9. The van der Waals surface area contributed by atoms with Crippen molar-refractivity contribution in [2.24, 2.45) is 5.73 Å². The highest BCUT2D eigenvalue weighted by Crippen LogP contribution is 2.28. The highest BCUT2D eigenvalue weighted by Gasteiger charge is 2.24. The van der Waals surface area contributed by atoms with Crippen molar-refractivity contribution in [2.75, 3.05) is 37.7 Å². The molecule has 1 aliphatic rings. The van der Waals surface area contributed by atoms with Gasteiger partial charge in [0, 0.05) is 48.3 Å². The van der Waals surface area contributed by atoms with E-state index in [9.17, 15) is 9.18 Å². The first kappa shape index (κ1) is 26.4. The zero-order valence-electron chi connectivity index (χ0n) is 20.0. The summed E-state index contributed by atoms with van der Waals surface area (Å²) in [7, 11) is 0. The number of aryl methyl sites for hydroxylation is 1. The minimum Gasteiger partial charge on any atom is -0.375 e. The molecule has 0 saturated carbocycles. The Balaban J connectivity index is 1.32. The molecule has 1 atom stereocenters. The first-order valence-corrected chi connectivity index (χ1v) is 12.8. The smallest absolute Gasteiger partial charge is 0.223 e. The topological polar surface area (TPSA) is 58.8 Å². The van der Waals surface area contributed by atoms with Crippen LogP contribution < -0.4 is 10.6 Å². The molecule has 190 valence electrons. The molecule has 5 nitrogen and oxygen atoms in total. The number of ether oxygens (including phenoxy) is 1. The third-order valence-electron chi connectivity index (χ3n) is 6.39. The second-order valence-electron chi connectivity index (χ2n) is 8.91. The molecule has 2 N–H and O–H groups in total. The Morgan fingerprint density at radius 3 is 2.47 bits per heavy atom.